The van der Waals surface area contributed by atoms with E-state index in [1.165, 1.54) is 4.88 Å². The highest BCUT2D eigenvalue weighted by Crippen LogP contribution is 2.30. The van der Waals surface area contributed by atoms with Crippen LogP contribution in [0.1, 0.15) is 25.6 Å². The fourth-order valence-electron chi connectivity index (χ4n) is 0.756. The smallest absolute Gasteiger partial charge is 0.0859 e. The quantitative estimate of drug-likeness (QED) is 0.612. The van der Waals surface area contributed by atoms with Gasteiger partial charge in [-0.05, 0) is 17.5 Å². The van der Waals surface area contributed by atoms with Crippen LogP contribution in [-0.2, 0) is 5.41 Å². The molecule has 1 heterocycles. The molecule has 0 spiro atoms. The minimum absolute atomic E-state index is 0.252. The predicted octanol–water partition coefficient (Wildman–Crippen LogP) is 2.63. The molecular formula is C8H13NS. The van der Waals surface area contributed by atoms with Crippen molar-refractivity contribution in [3.05, 3.63) is 17.0 Å². The van der Waals surface area contributed by atoms with E-state index in [2.05, 4.69) is 26.8 Å². The summed E-state index contributed by atoms with van der Waals surface area (Å²) in [6.07, 6.45) is 0. The number of hydrogen-bond acceptors (Lipinski definition) is 2. The number of nitrogens with two attached hydrogens (primary N) is 1. The Morgan fingerprint density at radius 3 is 2.10 bits per heavy atom. The molecule has 0 aliphatic heterocycles. The van der Waals surface area contributed by atoms with Gasteiger partial charge in [-0.2, -0.15) is 0 Å². The lowest BCUT2D eigenvalue weighted by molar-refractivity contribution is 0.604. The molecule has 0 saturated carbocycles. The first kappa shape index (κ1) is 7.61. The molecule has 10 heavy (non-hydrogen) atoms. The van der Waals surface area contributed by atoms with Crippen LogP contribution >= 0.6 is 11.3 Å². The molecule has 56 valence electrons. The van der Waals surface area contributed by atoms with Crippen molar-refractivity contribution in [3.63, 3.8) is 0 Å². The van der Waals surface area contributed by atoms with Crippen LogP contribution in [0.15, 0.2) is 12.1 Å². The second-order valence-electron chi connectivity index (χ2n) is 3.45. The van der Waals surface area contributed by atoms with E-state index in [4.69, 9.17) is 5.73 Å². The summed E-state index contributed by atoms with van der Waals surface area (Å²) in [4.78, 5) is 1.35. The standard InChI is InChI=1S/C8H13NS/c1-8(2,3)6-4-5-7(9)10-6/h4-5H,9H2,1-3H3. The lowest BCUT2D eigenvalue weighted by Crippen LogP contribution is -2.07. The largest absolute Gasteiger partial charge is 0.391 e. The first-order chi connectivity index (χ1) is 4.50. The molecule has 0 aliphatic carbocycles. The maximum absolute atomic E-state index is 5.59. The van der Waals surface area contributed by atoms with Crippen molar-refractivity contribution < 1.29 is 0 Å². The first-order valence-corrected chi connectivity index (χ1v) is 4.17. The van der Waals surface area contributed by atoms with Crippen LogP contribution in [-0.4, -0.2) is 0 Å². The topological polar surface area (TPSA) is 26.0 Å². The zero-order chi connectivity index (χ0) is 7.78. The van der Waals surface area contributed by atoms with Crippen LogP contribution in [0.5, 0.6) is 0 Å². The van der Waals surface area contributed by atoms with Gasteiger partial charge in [-0.3, -0.25) is 0 Å². The summed E-state index contributed by atoms with van der Waals surface area (Å²) in [5, 5.41) is 0.907. The summed E-state index contributed by atoms with van der Waals surface area (Å²) in [7, 11) is 0. The molecule has 1 rings (SSSR count). The molecule has 0 saturated heterocycles. The maximum atomic E-state index is 5.59. The lowest BCUT2D eigenvalue weighted by atomic mass is 9.95. The molecular weight excluding hydrogens is 142 g/mol. The first-order valence-electron chi connectivity index (χ1n) is 3.36. The van der Waals surface area contributed by atoms with E-state index in [0.717, 1.165) is 5.00 Å². The van der Waals surface area contributed by atoms with Crippen LogP contribution in [0.4, 0.5) is 5.00 Å². The number of rotatable bonds is 0. The van der Waals surface area contributed by atoms with Gasteiger partial charge in [0, 0.05) is 4.88 Å². The van der Waals surface area contributed by atoms with Gasteiger partial charge in [0.15, 0.2) is 0 Å². The van der Waals surface area contributed by atoms with E-state index in [1.807, 2.05) is 6.07 Å². The Bertz CT molecular complexity index is 219. The Balaban J connectivity index is 2.96. The molecule has 0 aromatic carbocycles. The van der Waals surface area contributed by atoms with Gasteiger partial charge >= 0.3 is 0 Å². The van der Waals surface area contributed by atoms with E-state index in [1.54, 1.807) is 11.3 Å². The summed E-state index contributed by atoms with van der Waals surface area (Å²) in [6, 6.07) is 4.06. The summed E-state index contributed by atoms with van der Waals surface area (Å²) >= 11 is 1.67. The minimum Gasteiger partial charge on any atom is -0.391 e. The van der Waals surface area contributed by atoms with Crippen LogP contribution in [0.2, 0.25) is 0 Å². The van der Waals surface area contributed by atoms with E-state index < -0.39 is 0 Å². The van der Waals surface area contributed by atoms with Crippen molar-refractivity contribution in [2.24, 2.45) is 0 Å². The average molecular weight is 155 g/mol. The van der Waals surface area contributed by atoms with Crippen molar-refractivity contribution in [1.29, 1.82) is 0 Å². The summed E-state index contributed by atoms with van der Waals surface area (Å²) in [6.45, 7) is 6.58. The molecule has 1 aromatic heterocycles. The molecule has 0 radical (unpaired) electrons. The number of anilines is 1. The van der Waals surface area contributed by atoms with Gasteiger partial charge in [0.2, 0.25) is 0 Å². The third-order valence-electron chi connectivity index (χ3n) is 1.37. The fraction of sp³-hybridized carbons (Fsp3) is 0.500. The van der Waals surface area contributed by atoms with Crippen LogP contribution in [0.3, 0.4) is 0 Å². The Morgan fingerprint density at radius 2 is 1.90 bits per heavy atom. The van der Waals surface area contributed by atoms with E-state index >= 15 is 0 Å². The molecule has 0 atom stereocenters. The molecule has 1 aromatic rings. The SMILES string of the molecule is CC(C)(C)c1ccc(N)s1. The monoisotopic (exact) mass is 155 g/mol. The summed E-state index contributed by atoms with van der Waals surface area (Å²) < 4.78 is 0. The van der Waals surface area contributed by atoms with E-state index in [0.29, 0.717) is 0 Å². The molecule has 2 heteroatoms. The van der Waals surface area contributed by atoms with Crippen molar-refractivity contribution in [1.82, 2.24) is 0 Å². The van der Waals surface area contributed by atoms with Crippen molar-refractivity contribution in [3.8, 4) is 0 Å². The molecule has 0 fully saturated rings. The van der Waals surface area contributed by atoms with Gasteiger partial charge in [-0.25, -0.2) is 0 Å². The maximum Gasteiger partial charge on any atom is 0.0859 e. The van der Waals surface area contributed by atoms with Crippen LogP contribution in [0.25, 0.3) is 0 Å². The van der Waals surface area contributed by atoms with Crippen LogP contribution < -0.4 is 5.73 Å². The van der Waals surface area contributed by atoms with Gasteiger partial charge < -0.3 is 5.73 Å². The number of hydrogen-bond donors (Lipinski definition) is 1. The fourth-order valence-corrected chi connectivity index (χ4v) is 1.59. The molecule has 1 nitrogen and oxygen atoms in total. The predicted molar refractivity (Wildman–Crippen MR) is 47.4 cm³/mol. The second-order valence-corrected chi connectivity index (χ2v) is 4.57. The number of nitrogen functional groups attached to an aromatic ring is 1. The average Bonchev–Trinajstić information content (AvgIpc) is 2.11. The zero-order valence-corrected chi connectivity index (χ0v) is 7.46. The normalized spacial score (nSPS) is 11.9. The lowest BCUT2D eigenvalue weighted by Gasteiger charge is -2.14. The zero-order valence-electron chi connectivity index (χ0n) is 6.64. The molecule has 0 unspecified atom stereocenters. The third kappa shape index (κ3) is 1.51. The highest BCUT2D eigenvalue weighted by atomic mass is 32.1. The Morgan fingerprint density at radius 1 is 1.30 bits per heavy atom. The van der Waals surface area contributed by atoms with Gasteiger partial charge in [0.1, 0.15) is 0 Å². The van der Waals surface area contributed by atoms with Gasteiger partial charge in [-0.15, -0.1) is 11.3 Å². The van der Waals surface area contributed by atoms with Crippen molar-refractivity contribution in [2.75, 3.05) is 5.73 Å². The number of thiophene rings is 1. The van der Waals surface area contributed by atoms with Gasteiger partial charge in [0.25, 0.3) is 0 Å². The van der Waals surface area contributed by atoms with Crippen molar-refractivity contribution >= 4 is 16.3 Å². The second kappa shape index (κ2) is 2.27. The Hall–Kier alpha value is -0.500. The van der Waals surface area contributed by atoms with Gasteiger partial charge in [0.05, 0.1) is 5.00 Å². The molecule has 2 N–H and O–H groups in total. The molecule has 0 aliphatic rings. The van der Waals surface area contributed by atoms with Gasteiger partial charge in [-0.1, -0.05) is 20.8 Å². The van der Waals surface area contributed by atoms with E-state index in [9.17, 15) is 0 Å². The minimum atomic E-state index is 0.252. The highest BCUT2D eigenvalue weighted by Gasteiger charge is 2.14. The molecule has 0 amide bonds. The Labute approximate surface area is 65.9 Å². The van der Waals surface area contributed by atoms with Crippen LogP contribution in [0, 0.1) is 0 Å². The summed E-state index contributed by atoms with van der Waals surface area (Å²) in [5.74, 6) is 0. The highest BCUT2D eigenvalue weighted by molar-refractivity contribution is 7.16. The Kier molecular flexibility index (Phi) is 1.73. The van der Waals surface area contributed by atoms with E-state index in [-0.39, 0.29) is 5.41 Å². The van der Waals surface area contributed by atoms with Crippen molar-refractivity contribution in [2.45, 2.75) is 26.2 Å². The summed E-state index contributed by atoms with van der Waals surface area (Å²) in [5.41, 5.74) is 5.85. The molecule has 0 bridgehead atoms. The third-order valence-corrected chi connectivity index (χ3v) is 2.71.